The third kappa shape index (κ3) is 3.45. The van der Waals surface area contributed by atoms with E-state index in [4.69, 9.17) is 11.6 Å². The number of H-pyrrole nitrogens is 1. The van der Waals surface area contributed by atoms with E-state index >= 15 is 0 Å². The van der Waals surface area contributed by atoms with Gasteiger partial charge in [-0.15, -0.1) is 0 Å². The van der Waals surface area contributed by atoms with Gasteiger partial charge in [-0.1, -0.05) is 23.4 Å². The summed E-state index contributed by atoms with van der Waals surface area (Å²) >= 11 is 7.31. The Kier molecular flexibility index (Phi) is 4.07. The molecule has 0 bridgehead atoms. The molecule has 1 heterocycles. The van der Waals surface area contributed by atoms with E-state index in [1.165, 1.54) is 24.8 Å². The zero-order valence-corrected chi connectivity index (χ0v) is 11.9. The van der Waals surface area contributed by atoms with Crippen LogP contribution in [0.15, 0.2) is 39.1 Å². The van der Waals surface area contributed by atoms with Crippen LogP contribution in [0.2, 0.25) is 5.02 Å². The first-order valence-corrected chi connectivity index (χ1v) is 6.71. The first-order valence-electron chi connectivity index (χ1n) is 5.52. The maximum absolute atomic E-state index is 11.3. The van der Waals surface area contributed by atoms with Gasteiger partial charge in [-0.3, -0.25) is 9.59 Å². The van der Waals surface area contributed by atoms with Crippen LogP contribution in [0, 0.1) is 6.92 Å². The number of nitrogens with one attached hydrogen (secondary N) is 1. The molecular formula is C13H11ClN2O2S. The number of rotatable bonds is 3. The van der Waals surface area contributed by atoms with E-state index in [0.29, 0.717) is 21.4 Å². The minimum atomic E-state index is -0.193. The van der Waals surface area contributed by atoms with Crippen molar-refractivity contribution >= 4 is 29.1 Å². The Morgan fingerprint density at radius 2 is 2.11 bits per heavy atom. The number of halogens is 1. The first kappa shape index (κ1) is 13.8. The van der Waals surface area contributed by atoms with Crippen molar-refractivity contribution in [3.05, 3.63) is 50.9 Å². The summed E-state index contributed by atoms with van der Waals surface area (Å²) < 4.78 is 0. The summed E-state index contributed by atoms with van der Waals surface area (Å²) in [4.78, 5) is 30.3. The predicted molar refractivity (Wildman–Crippen MR) is 75.2 cm³/mol. The molecule has 0 aliphatic heterocycles. The van der Waals surface area contributed by atoms with E-state index < -0.39 is 0 Å². The Bertz CT molecular complexity index is 697. The number of aromatic amines is 1. The summed E-state index contributed by atoms with van der Waals surface area (Å²) in [6.45, 7) is 3.22. The molecule has 0 saturated carbocycles. The molecule has 2 aromatic rings. The number of carbonyl (C=O) groups is 1. The van der Waals surface area contributed by atoms with Gasteiger partial charge in [-0.05, 0) is 32.0 Å². The molecule has 1 N–H and O–H groups in total. The fourth-order valence-corrected chi connectivity index (χ4v) is 2.81. The van der Waals surface area contributed by atoms with Crippen LogP contribution in [0.4, 0.5) is 0 Å². The fourth-order valence-electron chi connectivity index (χ4n) is 1.56. The van der Waals surface area contributed by atoms with Gasteiger partial charge >= 0.3 is 0 Å². The lowest BCUT2D eigenvalue weighted by Gasteiger charge is -2.04. The second-order valence-corrected chi connectivity index (χ2v) is 5.46. The summed E-state index contributed by atoms with van der Waals surface area (Å²) in [7, 11) is 0. The van der Waals surface area contributed by atoms with E-state index in [-0.39, 0.29) is 11.3 Å². The summed E-state index contributed by atoms with van der Waals surface area (Å²) in [6.07, 6.45) is 0. The van der Waals surface area contributed by atoms with Gasteiger partial charge in [-0.2, -0.15) is 0 Å². The Labute approximate surface area is 119 Å². The molecule has 2 rings (SSSR count). The summed E-state index contributed by atoms with van der Waals surface area (Å²) in [5.41, 5.74) is 0.941. The van der Waals surface area contributed by atoms with Gasteiger partial charge in [0.2, 0.25) is 0 Å². The van der Waals surface area contributed by atoms with Gasteiger partial charge in [0.05, 0.1) is 5.02 Å². The minimum absolute atomic E-state index is 0.0800. The molecule has 0 aliphatic carbocycles. The summed E-state index contributed by atoms with van der Waals surface area (Å²) in [5.74, 6) is -0.0800. The molecule has 0 aliphatic rings. The Balaban J connectivity index is 2.31. The van der Waals surface area contributed by atoms with Crippen LogP contribution in [0.1, 0.15) is 23.0 Å². The second-order valence-electron chi connectivity index (χ2n) is 3.99. The number of Topliss-reactive ketones (excluding diaryl/α,β-unsaturated/α-hetero) is 1. The minimum Gasteiger partial charge on any atom is -0.301 e. The number of nitrogens with zero attached hydrogens (tertiary/aromatic N) is 1. The largest absolute Gasteiger partial charge is 0.301 e. The van der Waals surface area contributed by atoms with Gasteiger partial charge in [-0.25, -0.2) is 4.98 Å². The van der Waals surface area contributed by atoms with Crippen molar-refractivity contribution < 1.29 is 4.79 Å². The van der Waals surface area contributed by atoms with Crippen LogP contribution in [0.5, 0.6) is 0 Å². The molecule has 0 spiro atoms. The number of hydrogen-bond donors (Lipinski definition) is 1. The maximum atomic E-state index is 11.3. The molecule has 1 aromatic carbocycles. The van der Waals surface area contributed by atoms with Crippen LogP contribution < -0.4 is 5.56 Å². The highest BCUT2D eigenvalue weighted by Gasteiger charge is 2.08. The molecule has 6 heteroatoms. The van der Waals surface area contributed by atoms with E-state index in [1.807, 2.05) is 0 Å². The number of ketones is 1. The van der Waals surface area contributed by atoms with Crippen molar-refractivity contribution in [1.29, 1.82) is 0 Å². The van der Waals surface area contributed by atoms with Crippen molar-refractivity contribution in [3.63, 3.8) is 0 Å². The third-order valence-electron chi connectivity index (χ3n) is 2.38. The van der Waals surface area contributed by atoms with E-state index in [0.717, 1.165) is 4.90 Å². The standard InChI is InChI=1S/C13H11ClN2O2S/c1-7-5-12(18)16-13(15-7)19-9-3-4-10(8(2)17)11(14)6-9/h3-6H,1-2H3,(H,15,16,18). The molecule has 98 valence electrons. The van der Waals surface area contributed by atoms with Crippen LogP contribution in [-0.2, 0) is 0 Å². The van der Waals surface area contributed by atoms with Gasteiger partial charge in [0.15, 0.2) is 10.9 Å². The van der Waals surface area contributed by atoms with E-state index in [9.17, 15) is 9.59 Å². The Morgan fingerprint density at radius 1 is 1.37 bits per heavy atom. The van der Waals surface area contributed by atoms with Crippen molar-refractivity contribution in [2.45, 2.75) is 23.9 Å². The number of hydrogen-bond acceptors (Lipinski definition) is 4. The average Bonchev–Trinajstić information content (AvgIpc) is 2.26. The normalized spacial score (nSPS) is 10.5. The Hall–Kier alpha value is -1.59. The molecule has 0 fully saturated rings. The van der Waals surface area contributed by atoms with Crippen LogP contribution >= 0.6 is 23.4 Å². The number of aryl methyl sites for hydroxylation is 1. The van der Waals surface area contributed by atoms with Gasteiger partial charge in [0.1, 0.15) is 0 Å². The molecule has 0 amide bonds. The number of carbonyl (C=O) groups excluding carboxylic acids is 1. The molecule has 1 aromatic heterocycles. The Morgan fingerprint density at radius 3 is 2.68 bits per heavy atom. The van der Waals surface area contributed by atoms with Crippen molar-refractivity contribution in [2.75, 3.05) is 0 Å². The maximum Gasteiger partial charge on any atom is 0.251 e. The molecule has 19 heavy (non-hydrogen) atoms. The highest BCUT2D eigenvalue weighted by atomic mass is 35.5. The van der Waals surface area contributed by atoms with E-state index in [1.54, 1.807) is 25.1 Å². The monoisotopic (exact) mass is 294 g/mol. The van der Waals surface area contributed by atoms with Gasteiger partial charge < -0.3 is 4.98 Å². The van der Waals surface area contributed by atoms with Crippen molar-refractivity contribution in [3.8, 4) is 0 Å². The number of aromatic nitrogens is 2. The predicted octanol–water partition coefficient (Wildman–Crippen LogP) is 3.09. The lowest BCUT2D eigenvalue weighted by Crippen LogP contribution is -2.07. The van der Waals surface area contributed by atoms with Crippen molar-refractivity contribution in [1.82, 2.24) is 9.97 Å². The highest BCUT2D eigenvalue weighted by molar-refractivity contribution is 7.99. The zero-order chi connectivity index (χ0) is 14.0. The molecule has 0 atom stereocenters. The molecule has 0 saturated heterocycles. The average molecular weight is 295 g/mol. The van der Waals surface area contributed by atoms with E-state index in [2.05, 4.69) is 9.97 Å². The van der Waals surface area contributed by atoms with Crippen LogP contribution in [-0.4, -0.2) is 15.8 Å². The fraction of sp³-hybridized carbons (Fsp3) is 0.154. The summed E-state index contributed by atoms with van der Waals surface area (Å²) in [5, 5.41) is 0.893. The van der Waals surface area contributed by atoms with Crippen LogP contribution in [0.25, 0.3) is 0 Å². The topological polar surface area (TPSA) is 62.8 Å². The quantitative estimate of drug-likeness (QED) is 0.698. The SMILES string of the molecule is CC(=O)c1ccc(Sc2nc(C)cc(=O)[nH]2)cc1Cl. The first-order chi connectivity index (χ1) is 8.95. The van der Waals surface area contributed by atoms with Gasteiger partial charge in [0.25, 0.3) is 5.56 Å². The summed E-state index contributed by atoms with van der Waals surface area (Å²) in [6, 6.07) is 6.55. The smallest absolute Gasteiger partial charge is 0.251 e. The van der Waals surface area contributed by atoms with Crippen molar-refractivity contribution in [2.24, 2.45) is 0 Å². The second kappa shape index (κ2) is 5.59. The lowest BCUT2D eigenvalue weighted by atomic mass is 10.1. The van der Waals surface area contributed by atoms with Crippen LogP contribution in [0.3, 0.4) is 0 Å². The zero-order valence-electron chi connectivity index (χ0n) is 10.4. The molecule has 0 radical (unpaired) electrons. The molecule has 0 unspecified atom stereocenters. The molecular weight excluding hydrogens is 284 g/mol. The molecule has 4 nitrogen and oxygen atoms in total. The highest BCUT2D eigenvalue weighted by Crippen LogP contribution is 2.28. The lowest BCUT2D eigenvalue weighted by molar-refractivity contribution is 0.101. The van der Waals surface area contributed by atoms with Gasteiger partial charge in [0, 0.05) is 22.2 Å². The third-order valence-corrected chi connectivity index (χ3v) is 3.57. The number of benzene rings is 1.